The minimum absolute atomic E-state index is 0.000904. The van der Waals surface area contributed by atoms with Crippen LogP contribution >= 0.6 is 11.3 Å². The molecule has 0 unspecified atom stereocenters. The minimum Gasteiger partial charge on any atom is -0.489 e. The monoisotopic (exact) mass is 416 g/mol. The van der Waals surface area contributed by atoms with Gasteiger partial charge in [-0.05, 0) is 36.4 Å². The molecule has 29 heavy (non-hydrogen) atoms. The van der Waals surface area contributed by atoms with Crippen LogP contribution in [0.15, 0.2) is 47.8 Å². The molecule has 1 aliphatic heterocycles. The zero-order valence-electron chi connectivity index (χ0n) is 15.4. The molecule has 2 aromatic carbocycles. The van der Waals surface area contributed by atoms with Crippen molar-refractivity contribution in [3.63, 3.8) is 0 Å². The fourth-order valence-corrected chi connectivity index (χ4v) is 3.73. The van der Waals surface area contributed by atoms with Crippen molar-refractivity contribution in [2.75, 3.05) is 26.3 Å². The molecule has 3 aromatic rings. The molecule has 2 heterocycles. The molecular formula is C21H18F2N2O3S. The van der Waals surface area contributed by atoms with Gasteiger partial charge in [-0.15, -0.1) is 11.3 Å². The van der Waals surface area contributed by atoms with Crippen molar-refractivity contribution in [1.82, 2.24) is 9.88 Å². The lowest BCUT2D eigenvalue weighted by atomic mass is 10.2. The molecule has 0 bridgehead atoms. The average Bonchev–Trinajstić information content (AvgIpc) is 3.24. The number of benzene rings is 2. The first-order valence-corrected chi connectivity index (χ1v) is 9.98. The molecule has 0 N–H and O–H groups in total. The van der Waals surface area contributed by atoms with Gasteiger partial charge in [-0.2, -0.15) is 0 Å². The van der Waals surface area contributed by atoms with E-state index in [-0.39, 0.29) is 18.1 Å². The molecule has 1 aromatic heterocycles. The second-order valence-electron chi connectivity index (χ2n) is 6.49. The van der Waals surface area contributed by atoms with Crippen LogP contribution in [-0.4, -0.2) is 42.1 Å². The Morgan fingerprint density at radius 1 is 1.14 bits per heavy atom. The summed E-state index contributed by atoms with van der Waals surface area (Å²) in [5.41, 5.74) is 1.57. The van der Waals surface area contributed by atoms with Gasteiger partial charge < -0.3 is 14.4 Å². The van der Waals surface area contributed by atoms with Crippen molar-refractivity contribution >= 4 is 17.2 Å². The van der Waals surface area contributed by atoms with Crippen LogP contribution in [0.2, 0.25) is 0 Å². The highest BCUT2D eigenvalue weighted by Gasteiger charge is 2.21. The lowest BCUT2D eigenvalue weighted by molar-refractivity contribution is 0.0299. The quantitative estimate of drug-likeness (QED) is 0.627. The van der Waals surface area contributed by atoms with Crippen LogP contribution in [0.5, 0.6) is 5.75 Å². The molecule has 0 saturated carbocycles. The zero-order valence-corrected chi connectivity index (χ0v) is 16.3. The van der Waals surface area contributed by atoms with E-state index in [1.165, 1.54) is 23.5 Å². The number of nitrogens with zero attached hydrogens (tertiary/aromatic N) is 2. The fourth-order valence-electron chi connectivity index (χ4n) is 2.93. The smallest absolute Gasteiger partial charge is 0.273 e. The van der Waals surface area contributed by atoms with Gasteiger partial charge in [0.25, 0.3) is 5.91 Å². The third-order valence-corrected chi connectivity index (χ3v) is 5.42. The number of carbonyl (C=O) groups is 1. The second-order valence-corrected chi connectivity index (χ2v) is 7.35. The number of amides is 1. The topological polar surface area (TPSA) is 51.7 Å². The highest BCUT2D eigenvalue weighted by Crippen LogP contribution is 2.27. The zero-order chi connectivity index (χ0) is 20.2. The Kier molecular flexibility index (Phi) is 5.82. The van der Waals surface area contributed by atoms with E-state index in [0.29, 0.717) is 37.7 Å². The Labute approximate surface area is 170 Å². The number of hydrogen-bond acceptors (Lipinski definition) is 5. The standard InChI is InChI=1S/C21H18F2N2O3S/c22-16-4-1-15(18(23)11-16)12-28-17-5-2-14(3-6-17)20-24-19(13-29-20)21(26)25-7-9-27-10-8-25/h1-6,11,13H,7-10,12H2. The van der Waals surface area contributed by atoms with E-state index in [1.54, 1.807) is 22.4 Å². The van der Waals surface area contributed by atoms with Crippen LogP contribution in [0.1, 0.15) is 16.1 Å². The van der Waals surface area contributed by atoms with Crippen molar-refractivity contribution in [2.24, 2.45) is 0 Å². The SMILES string of the molecule is O=C(c1csc(-c2ccc(OCc3ccc(F)cc3F)cc2)n1)N1CCOCC1. The molecular weight excluding hydrogens is 398 g/mol. The fraction of sp³-hybridized carbons (Fsp3) is 0.238. The van der Waals surface area contributed by atoms with Gasteiger partial charge in [-0.25, -0.2) is 13.8 Å². The molecule has 0 aliphatic carbocycles. The summed E-state index contributed by atoms with van der Waals surface area (Å²) in [6.07, 6.45) is 0. The summed E-state index contributed by atoms with van der Waals surface area (Å²) in [6, 6.07) is 10.6. The molecule has 0 spiro atoms. The van der Waals surface area contributed by atoms with E-state index < -0.39 is 11.6 Å². The van der Waals surface area contributed by atoms with Crippen LogP contribution in [0.25, 0.3) is 10.6 Å². The Morgan fingerprint density at radius 2 is 1.90 bits per heavy atom. The molecule has 1 amide bonds. The van der Waals surface area contributed by atoms with Gasteiger partial charge >= 0.3 is 0 Å². The Morgan fingerprint density at radius 3 is 2.62 bits per heavy atom. The van der Waals surface area contributed by atoms with Gasteiger partial charge in [0.15, 0.2) is 0 Å². The average molecular weight is 416 g/mol. The summed E-state index contributed by atoms with van der Waals surface area (Å²) in [5.74, 6) is -0.789. The van der Waals surface area contributed by atoms with Crippen molar-refractivity contribution in [2.45, 2.75) is 6.61 Å². The number of halogens is 2. The number of aromatic nitrogens is 1. The van der Waals surface area contributed by atoms with Crippen LogP contribution in [0.3, 0.4) is 0 Å². The number of thiazole rings is 1. The van der Waals surface area contributed by atoms with Crippen LogP contribution in [0.4, 0.5) is 8.78 Å². The lowest BCUT2D eigenvalue weighted by Crippen LogP contribution is -2.40. The van der Waals surface area contributed by atoms with E-state index in [2.05, 4.69) is 4.98 Å². The summed E-state index contributed by atoms with van der Waals surface area (Å²) >= 11 is 1.40. The van der Waals surface area contributed by atoms with Crippen LogP contribution in [0, 0.1) is 11.6 Å². The molecule has 4 rings (SSSR count). The summed E-state index contributed by atoms with van der Waals surface area (Å²) in [5, 5.41) is 2.49. The summed E-state index contributed by atoms with van der Waals surface area (Å²) < 4.78 is 37.5. The molecule has 5 nitrogen and oxygen atoms in total. The van der Waals surface area contributed by atoms with E-state index in [4.69, 9.17) is 9.47 Å². The summed E-state index contributed by atoms with van der Waals surface area (Å²) in [4.78, 5) is 18.7. The Bertz CT molecular complexity index is 1000. The predicted molar refractivity (Wildman–Crippen MR) is 105 cm³/mol. The normalized spacial score (nSPS) is 14.1. The van der Waals surface area contributed by atoms with Crippen molar-refractivity contribution < 1.29 is 23.0 Å². The van der Waals surface area contributed by atoms with Gasteiger partial charge in [-0.1, -0.05) is 0 Å². The first kappa shape index (κ1) is 19.5. The minimum atomic E-state index is -0.637. The van der Waals surface area contributed by atoms with Crippen molar-refractivity contribution in [1.29, 1.82) is 0 Å². The van der Waals surface area contributed by atoms with E-state index in [1.807, 2.05) is 12.1 Å². The maximum absolute atomic E-state index is 13.7. The number of ether oxygens (including phenoxy) is 2. The molecule has 1 fully saturated rings. The van der Waals surface area contributed by atoms with Crippen molar-refractivity contribution in [3.05, 3.63) is 70.7 Å². The molecule has 1 aliphatic rings. The Balaban J connectivity index is 1.40. The third kappa shape index (κ3) is 4.60. The van der Waals surface area contributed by atoms with Crippen LogP contribution < -0.4 is 4.74 Å². The number of morpholine rings is 1. The largest absolute Gasteiger partial charge is 0.489 e. The van der Waals surface area contributed by atoms with Gasteiger partial charge in [0.05, 0.1) is 13.2 Å². The number of carbonyl (C=O) groups excluding carboxylic acids is 1. The Hall–Kier alpha value is -2.84. The molecule has 0 atom stereocenters. The molecule has 1 saturated heterocycles. The molecule has 8 heteroatoms. The highest BCUT2D eigenvalue weighted by molar-refractivity contribution is 7.13. The maximum Gasteiger partial charge on any atom is 0.273 e. The first-order chi connectivity index (χ1) is 14.1. The lowest BCUT2D eigenvalue weighted by Gasteiger charge is -2.25. The highest BCUT2D eigenvalue weighted by atomic mass is 32.1. The van der Waals surface area contributed by atoms with Gasteiger partial charge in [0.1, 0.15) is 34.7 Å². The maximum atomic E-state index is 13.7. The van der Waals surface area contributed by atoms with Crippen molar-refractivity contribution in [3.8, 4) is 16.3 Å². The van der Waals surface area contributed by atoms with E-state index >= 15 is 0 Å². The molecule has 0 radical (unpaired) electrons. The number of rotatable bonds is 5. The summed E-state index contributed by atoms with van der Waals surface area (Å²) in [6.45, 7) is 2.25. The predicted octanol–water partition coefficient (Wildman–Crippen LogP) is 4.14. The molecule has 150 valence electrons. The summed E-state index contributed by atoms with van der Waals surface area (Å²) in [7, 11) is 0. The third-order valence-electron chi connectivity index (χ3n) is 4.53. The second kappa shape index (κ2) is 8.67. The first-order valence-electron chi connectivity index (χ1n) is 9.10. The van der Waals surface area contributed by atoms with Gasteiger partial charge in [0, 0.05) is 35.7 Å². The number of hydrogen-bond donors (Lipinski definition) is 0. The van der Waals surface area contributed by atoms with E-state index in [0.717, 1.165) is 16.6 Å². The van der Waals surface area contributed by atoms with Gasteiger partial charge in [-0.3, -0.25) is 4.79 Å². The van der Waals surface area contributed by atoms with Gasteiger partial charge in [0.2, 0.25) is 0 Å². The van der Waals surface area contributed by atoms with Crippen LogP contribution in [-0.2, 0) is 11.3 Å². The van der Waals surface area contributed by atoms with E-state index in [9.17, 15) is 13.6 Å².